The highest BCUT2D eigenvalue weighted by atomic mass is 32.2. The molecule has 0 unspecified atom stereocenters. The molecule has 0 amide bonds. The Bertz CT molecular complexity index is 83.1. The van der Waals surface area contributed by atoms with Crippen LogP contribution >= 0.6 is 11.8 Å². The SMILES string of the molecule is CN=C(CNC)CSC. The van der Waals surface area contributed by atoms with Crippen LogP contribution in [0.4, 0.5) is 0 Å². The van der Waals surface area contributed by atoms with E-state index in [0.29, 0.717) is 0 Å². The predicted octanol–water partition coefficient (Wildman–Crippen LogP) is 0.640. The molecule has 0 saturated carbocycles. The van der Waals surface area contributed by atoms with Gasteiger partial charge in [-0.15, -0.1) is 0 Å². The fourth-order valence-electron chi connectivity index (χ4n) is 0.565. The Kier molecular flexibility index (Phi) is 6.09. The number of thioether (sulfide) groups is 1. The summed E-state index contributed by atoms with van der Waals surface area (Å²) in [5.41, 5.74) is 1.23. The van der Waals surface area contributed by atoms with Crippen LogP contribution in [-0.4, -0.2) is 38.4 Å². The number of aliphatic imine (C=N–C) groups is 1. The van der Waals surface area contributed by atoms with E-state index >= 15 is 0 Å². The molecule has 9 heavy (non-hydrogen) atoms. The molecule has 1 N–H and O–H groups in total. The van der Waals surface area contributed by atoms with Crippen molar-refractivity contribution in [2.45, 2.75) is 0 Å². The third-order valence-electron chi connectivity index (χ3n) is 1.01. The summed E-state index contributed by atoms with van der Waals surface area (Å²) in [5.74, 6) is 1.04. The lowest BCUT2D eigenvalue weighted by Crippen LogP contribution is -2.20. The molecule has 0 rings (SSSR count). The van der Waals surface area contributed by atoms with Gasteiger partial charge in [0.1, 0.15) is 0 Å². The van der Waals surface area contributed by atoms with E-state index in [9.17, 15) is 0 Å². The highest BCUT2D eigenvalue weighted by molar-refractivity contribution is 7.99. The molecule has 0 radical (unpaired) electrons. The highest BCUT2D eigenvalue weighted by Gasteiger charge is 1.92. The van der Waals surface area contributed by atoms with Crippen molar-refractivity contribution in [3.05, 3.63) is 0 Å². The van der Waals surface area contributed by atoms with Gasteiger partial charge in [0.05, 0.1) is 0 Å². The highest BCUT2D eigenvalue weighted by Crippen LogP contribution is 1.91. The van der Waals surface area contributed by atoms with Crippen LogP contribution in [0.3, 0.4) is 0 Å². The summed E-state index contributed by atoms with van der Waals surface area (Å²) in [5, 5.41) is 3.06. The van der Waals surface area contributed by atoms with Crippen molar-refractivity contribution in [3.8, 4) is 0 Å². The second-order valence-electron chi connectivity index (χ2n) is 1.75. The first kappa shape index (κ1) is 8.98. The van der Waals surface area contributed by atoms with Gasteiger partial charge in [0.2, 0.25) is 0 Å². The maximum absolute atomic E-state index is 4.10. The maximum Gasteiger partial charge on any atom is 0.0356 e. The van der Waals surface area contributed by atoms with Gasteiger partial charge < -0.3 is 5.32 Å². The Morgan fingerprint density at radius 3 is 2.67 bits per heavy atom. The lowest BCUT2D eigenvalue weighted by Gasteiger charge is -2.00. The van der Waals surface area contributed by atoms with Crippen LogP contribution in [0.2, 0.25) is 0 Å². The van der Waals surface area contributed by atoms with E-state index in [-0.39, 0.29) is 0 Å². The van der Waals surface area contributed by atoms with Crippen molar-refractivity contribution in [1.82, 2.24) is 5.32 Å². The number of hydrogen-bond acceptors (Lipinski definition) is 3. The summed E-state index contributed by atoms with van der Waals surface area (Å²) < 4.78 is 0. The van der Waals surface area contributed by atoms with Gasteiger partial charge in [0, 0.05) is 25.1 Å². The van der Waals surface area contributed by atoms with Gasteiger partial charge in [-0.05, 0) is 13.3 Å². The predicted molar refractivity (Wildman–Crippen MR) is 45.7 cm³/mol. The summed E-state index contributed by atoms with van der Waals surface area (Å²) in [6.07, 6.45) is 2.08. The van der Waals surface area contributed by atoms with Crippen LogP contribution in [0.25, 0.3) is 0 Å². The third-order valence-corrected chi connectivity index (χ3v) is 1.63. The molecule has 0 saturated heterocycles. The fraction of sp³-hybridized carbons (Fsp3) is 0.833. The fourth-order valence-corrected chi connectivity index (χ4v) is 1.13. The van der Waals surface area contributed by atoms with Crippen molar-refractivity contribution in [1.29, 1.82) is 0 Å². The Hall–Kier alpha value is -0.0200. The molecule has 54 valence electrons. The number of nitrogens with zero attached hydrogens (tertiary/aromatic N) is 1. The van der Waals surface area contributed by atoms with E-state index < -0.39 is 0 Å². The molecule has 0 heterocycles. The van der Waals surface area contributed by atoms with Crippen LogP contribution in [0.5, 0.6) is 0 Å². The Morgan fingerprint density at radius 1 is 1.67 bits per heavy atom. The molecule has 3 heteroatoms. The minimum atomic E-state index is 0.914. The van der Waals surface area contributed by atoms with Gasteiger partial charge in [-0.2, -0.15) is 11.8 Å². The van der Waals surface area contributed by atoms with E-state index in [2.05, 4.69) is 16.6 Å². The molecule has 0 atom stereocenters. The van der Waals surface area contributed by atoms with Crippen LogP contribution in [0.15, 0.2) is 4.99 Å². The standard InChI is InChI=1S/C6H14N2S/c1-7-4-6(8-2)5-9-3/h7H,4-5H2,1-3H3. The number of rotatable bonds is 4. The van der Waals surface area contributed by atoms with Gasteiger partial charge in [-0.3, -0.25) is 4.99 Å². The number of hydrogen-bond donors (Lipinski definition) is 1. The average Bonchev–Trinajstić information content (AvgIpc) is 1.88. The molecular formula is C6H14N2S. The largest absolute Gasteiger partial charge is 0.315 e. The Balaban J connectivity index is 3.43. The number of nitrogens with one attached hydrogen (secondary N) is 1. The van der Waals surface area contributed by atoms with Crippen LogP contribution in [0.1, 0.15) is 0 Å². The molecule has 0 bridgehead atoms. The van der Waals surface area contributed by atoms with Crippen molar-refractivity contribution >= 4 is 17.5 Å². The monoisotopic (exact) mass is 146 g/mol. The molecule has 0 aliphatic heterocycles. The van der Waals surface area contributed by atoms with Crippen molar-refractivity contribution in [2.75, 3.05) is 32.6 Å². The normalized spacial score (nSPS) is 12.1. The average molecular weight is 146 g/mol. The van der Waals surface area contributed by atoms with E-state index in [1.54, 1.807) is 11.8 Å². The van der Waals surface area contributed by atoms with E-state index in [4.69, 9.17) is 0 Å². The van der Waals surface area contributed by atoms with Crippen molar-refractivity contribution in [2.24, 2.45) is 4.99 Å². The van der Waals surface area contributed by atoms with Gasteiger partial charge in [-0.25, -0.2) is 0 Å². The molecule has 0 aromatic carbocycles. The maximum atomic E-state index is 4.10. The topological polar surface area (TPSA) is 24.4 Å². The quantitative estimate of drug-likeness (QED) is 0.589. The summed E-state index contributed by atoms with van der Waals surface area (Å²) in [6.45, 7) is 0.914. The van der Waals surface area contributed by atoms with Crippen molar-refractivity contribution < 1.29 is 0 Å². The Morgan fingerprint density at radius 2 is 2.33 bits per heavy atom. The lowest BCUT2D eigenvalue weighted by molar-refractivity contribution is 0.942. The zero-order valence-corrected chi connectivity index (χ0v) is 7.09. The zero-order valence-electron chi connectivity index (χ0n) is 6.27. The first-order valence-electron chi connectivity index (χ1n) is 2.93. The van der Waals surface area contributed by atoms with Gasteiger partial charge in [-0.1, -0.05) is 0 Å². The van der Waals surface area contributed by atoms with Gasteiger partial charge in [0.15, 0.2) is 0 Å². The minimum Gasteiger partial charge on any atom is -0.315 e. The molecular weight excluding hydrogens is 132 g/mol. The first-order chi connectivity index (χ1) is 4.35. The van der Waals surface area contributed by atoms with E-state index in [0.717, 1.165) is 12.3 Å². The van der Waals surface area contributed by atoms with Gasteiger partial charge >= 0.3 is 0 Å². The molecule has 0 fully saturated rings. The molecule has 0 aromatic heterocycles. The van der Waals surface area contributed by atoms with E-state index in [1.165, 1.54) is 5.71 Å². The summed E-state index contributed by atoms with van der Waals surface area (Å²) in [7, 11) is 3.77. The van der Waals surface area contributed by atoms with E-state index in [1.807, 2.05) is 14.1 Å². The molecule has 0 aromatic rings. The van der Waals surface area contributed by atoms with Crippen LogP contribution in [-0.2, 0) is 0 Å². The third kappa shape index (κ3) is 4.48. The minimum absolute atomic E-state index is 0.914. The molecule has 2 nitrogen and oxygen atoms in total. The summed E-state index contributed by atoms with van der Waals surface area (Å²) in [6, 6.07) is 0. The first-order valence-corrected chi connectivity index (χ1v) is 4.32. The second-order valence-corrected chi connectivity index (χ2v) is 2.62. The van der Waals surface area contributed by atoms with Crippen molar-refractivity contribution in [3.63, 3.8) is 0 Å². The Labute approximate surface area is 61.1 Å². The molecule has 0 spiro atoms. The van der Waals surface area contributed by atoms with Gasteiger partial charge in [0.25, 0.3) is 0 Å². The second kappa shape index (κ2) is 6.11. The van der Waals surface area contributed by atoms with Crippen LogP contribution < -0.4 is 5.32 Å². The van der Waals surface area contributed by atoms with Crippen LogP contribution in [0, 0.1) is 0 Å². The lowest BCUT2D eigenvalue weighted by atomic mass is 10.4. The molecule has 0 aliphatic carbocycles. The molecule has 0 aliphatic rings. The zero-order chi connectivity index (χ0) is 7.11. The summed E-state index contributed by atoms with van der Waals surface area (Å²) in [4.78, 5) is 4.10. The summed E-state index contributed by atoms with van der Waals surface area (Å²) >= 11 is 1.80. The smallest absolute Gasteiger partial charge is 0.0356 e.